The molecule has 6 aromatic carbocycles. The molecule has 0 fully saturated rings. The zero-order valence-electron chi connectivity index (χ0n) is 24.6. The normalized spacial score (nSPS) is 12.0. The lowest BCUT2D eigenvalue weighted by molar-refractivity contribution is 1.22. The zero-order chi connectivity index (χ0) is 29.4. The van der Waals surface area contributed by atoms with Gasteiger partial charge >= 0.3 is 0 Å². The fourth-order valence-electron chi connectivity index (χ4n) is 6.98. The molecule has 4 heteroatoms. The maximum Gasteiger partial charge on any atom is 0.211 e. The summed E-state index contributed by atoms with van der Waals surface area (Å²) >= 11 is 1.89. The van der Waals surface area contributed by atoms with Gasteiger partial charge in [-0.2, -0.15) is 0 Å². The van der Waals surface area contributed by atoms with Gasteiger partial charge in [0.2, 0.25) is 7.28 Å². The van der Waals surface area contributed by atoms with Crippen molar-refractivity contribution in [2.45, 2.75) is 13.8 Å². The Morgan fingerprint density at radius 1 is 0.659 bits per heavy atom. The van der Waals surface area contributed by atoms with Crippen LogP contribution in [0.4, 0.5) is 11.4 Å². The Hall–Kier alpha value is -5.06. The second kappa shape index (κ2) is 9.73. The van der Waals surface area contributed by atoms with Crippen LogP contribution in [0.1, 0.15) is 11.1 Å². The summed E-state index contributed by atoms with van der Waals surface area (Å²) in [5.74, 6) is 0. The molecule has 2 aromatic heterocycles. The number of aromatic nitrogens is 1. The van der Waals surface area contributed by atoms with E-state index < -0.39 is 0 Å². The molecule has 1 aliphatic rings. The molecule has 3 heterocycles. The van der Waals surface area contributed by atoms with Crippen molar-refractivity contribution in [3.8, 4) is 27.9 Å². The summed E-state index contributed by atoms with van der Waals surface area (Å²) in [6.45, 7) is 4.39. The number of hydrogen-bond acceptors (Lipinski definition) is 2. The molecule has 1 aliphatic heterocycles. The van der Waals surface area contributed by atoms with E-state index in [1.54, 1.807) is 0 Å². The summed E-state index contributed by atoms with van der Waals surface area (Å²) in [5, 5.41) is 7.67. The van der Waals surface area contributed by atoms with Crippen LogP contribution in [0.15, 0.2) is 127 Å². The molecule has 0 bridgehead atoms. The van der Waals surface area contributed by atoms with Crippen LogP contribution in [0.2, 0.25) is 0 Å². The highest BCUT2D eigenvalue weighted by molar-refractivity contribution is 7.29. The van der Waals surface area contributed by atoms with Crippen molar-refractivity contribution in [3.63, 3.8) is 0 Å². The lowest BCUT2D eigenvalue weighted by Gasteiger charge is -2.23. The van der Waals surface area contributed by atoms with E-state index in [1.165, 1.54) is 81.2 Å². The van der Waals surface area contributed by atoms with Gasteiger partial charge in [-0.3, -0.25) is 0 Å². The highest BCUT2D eigenvalue weighted by Crippen LogP contribution is 2.42. The Balaban J connectivity index is 1.32. The van der Waals surface area contributed by atoms with Crippen molar-refractivity contribution in [3.05, 3.63) is 139 Å². The van der Waals surface area contributed by atoms with Crippen molar-refractivity contribution in [2.24, 2.45) is 0 Å². The quantitative estimate of drug-likeness (QED) is 0.206. The fourth-order valence-corrected chi connectivity index (χ4v) is 8.10. The smallest absolute Gasteiger partial charge is 0.211 e. The molecule has 1 radical (unpaired) electrons. The second-order valence-corrected chi connectivity index (χ2v) is 12.9. The summed E-state index contributed by atoms with van der Waals surface area (Å²) < 4.78 is 5.16. The third-order valence-electron chi connectivity index (χ3n) is 9.02. The number of anilines is 2. The third kappa shape index (κ3) is 3.81. The van der Waals surface area contributed by atoms with E-state index in [4.69, 9.17) is 0 Å². The first-order valence-electron chi connectivity index (χ1n) is 15.1. The van der Waals surface area contributed by atoms with E-state index >= 15 is 0 Å². The van der Waals surface area contributed by atoms with Gasteiger partial charge in [0.1, 0.15) is 0 Å². The molecule has 0 aliphatic carbocycles. The Bertz CT molecular complexity index is 2400. The van der Waals surface area contributed by atoms with Gasteiger partial charge in [-0.25, -0.2) is 0 Å². The summed E-state index contributed by atoms with van der Waals surface area (Å²) in [5.41, 5.74) is 14.8. The largest absolute Gasteiger partial charge is 0.355 e. The number of nitrogens with one attached hydrogen (secondary N) is 1. The van der Waals surface area contributed by atoms with E-state index in [9.17, 15) is 0 Å². The number of nitrogens with zero attached hydrogens (tertiary/aromatic N) is 1. The third-order valence-corrected chi connectivity index (χ3v) is 10.1. The number of benzene rings is 6. The van der Waals surface area contributed by atoms with Gasteiger partial charge in [-0.05, 0) is 82.7 Å². The maximum absolute atomic E-state index is 3.72. The van der Waals surface area contributed by atoms with Gasteiger partial charge in [0.15, 0.2) is 0 Å². The standard InChI is InChI=1S/C40H28BN2S/c1-24-16-19-28(20-17-24)42-33-14-8-6-12-29(33)31-22-25(2)36-30-13-7-9-15-34(30)43-38-32-23-27(26-10-4-3-5-11-26)18-21-35(32)44-40(38)41-37(31)39(36)43/h3-23,42H,1-2H3. The maximum atomic E-state index is 3.72. The molecule has 0 saturated heterocycles. The lowest BCUT2D eigenvalue weighted by Crippen LogP contribution is -2.35. The molecule has 0 saturated carbocycles. The van der Waals surface area contributed by atoms with Gasteiger partial charge in [-0.15, -0.1) is 11.3 Å². The van der Waals surface area contributed by atoms with Crippen LogP contribution >= 0.6 is 11.3 Å². The molecular formula is C40H28BN2S. The molecule has 1 N–H and O–H groups in total. The van der Waals surface area contributed by atoms with E-state index in [-0.39, 0.29) is 0 Å². The first kappa shape index (κ1) is 25.4. The van der Waals surface area contributed by atoms with E-state index in [1.807, 2.05) is 11.3 Å². The van der Waals surface area contributed by atoms with Crippen molar-refractivity contribution in [2.75, 3.05) is 5.32 Å². The van der Waals surface area contributed by atoms with Crippen LogP contribution in [-0.4, -0.2) is 11.8 Å². The minimum atomic E-state index is 1.09. The molecule has 9 rings (SSSR count). The molecule has 2 nitrogen and oxygen atoms in total. The number of rotatable bonds is 4. The highest BCUT2D eigenvalue weighted by Gasteiger charge is 2.30. The fraction of sp³-hybridized carbons (Fsp3) is 0.0500. The Morgan fingerprint density at radius 3 is 2.30 bits per heavy atom. The van der Waals surface area contributed by atoms with Crippen molar-refractivity contribution in [1.29, 1.82) is 0 Å². The van der Waals surface area contributed by atoms with Crippen LogP contribution in [0, 0.1) is 13.8 Å². The minimum absolute atomic E-state index is 1.09. The predicted molar refractivity (Wildman–Crippen MR) is 191 cm³/mol. The van der Waals surface area contributed by atoms with Crippen LogP contribution in [-0.2, 0) is 0 Å². The molecule has 0 amide bonds. The number of fused-ring (bicyclic) bond motifs is 7. The Kier molecular flexibility index (Phi) is 5.63. The zero-order valence-corrected chi connectivity index (χ0v) is 25.4. The van der Waals surface area contributed by atoms with Gasteiger partial charge < -0.3 is 9.88 Å². The first-order chi connectivity index (χ1) is 21.6. The first-order valence-corrected chi connectivity index (χ1v) is 15.9. The monoisotopic (exact) mass is 579 g/mol. The average Bonchev–Trinajstić information content (AvgIpc) is 3.60. The number of aryl methyl sites for hydroxylation is 2. The van der Waals surface area contributed by atoms with E-state index in [0.717, 1.165) is 11.4 Å². The molecular weight excluding hydrogens is 551 g/mol. The van der Waals surface area contributed by atoms with E-state index in [2.05, 4.69) is 158 Å². The lowest BCUT2D eigenvalue weighted by atomic mass is 9.63. The molecule has 0 spiro atoms. The summed E-state index contributed by atoms with van der Waals surface area (Å²) in [6.07, 6.45) is 0. The number of para-hydroxylation sites is 2. The molecule has 207 valence electrons. The van der Waals surface area contributed by atoms with Crippen molar-refractivity contribution < 1.29 is 0 Å². The van der Waals surface area contributed by atoms with Crippen LogP contribution < -0.4 is 15.6 Å². The molecule has 44 heavy (non-hydrogen) atoms. The van der Waals surface area contributed by atoms with Crippen molar-refractivity contribution in [1.82, 2.24) is 4.57 Å². The average molecular weight is 580 g/mol. The number of hydrogen-bond donors (Lipinski definition) is 1. The second-order valence-electron chi connectivity index (χ2n) is 11.8. The van der Waals surface area contributed by atoms with Gasteiger partial charge in [-0.1, -0.05) is 96.6 Å². The molecule has 0 unspecified atom stereocenters. The van der Waals surface area contributed by atoms with E-state index in [0.29, 0.717) is 0 Å². The molecule has 8 aromatic rings. The SMILES string of the molecule is Cc1ccc(Nc2ccccc2-c2cc(C)c3c4ccccc4n4c3c2[B]c2sc3ccc(-c5ccccc5)cc3c2-4)cc1. The predicted octanol–water partition coefficient (Wildman–Crippen LogP) is 9.66. The highest BCUT2D eigenvalue weighted by atomic mass is 32.1. The summed E-state index contributed by atoms with van der Waals surface area (Å²) in [4.78, 5) is 0. The van der Waals surface area contributed by atoms with Crippen LogP contribution in [0.25, 0.3) is 59.8 Å². The summed E-state index contributed by atoms with van der Waals surface area (Å²) in [6, 6.07) is 46.3. The van der Waals surface area contributed by atoms with Crippen LogP contribution in [0.3, 0.4) is 0 Å². The number of thiophene rings is 1. The van der Waals surface area contributed by atoms with Crippen LogP contribution in [0.5, 0.6) is 0 Å². The minimum Gasteiger partial charge on any atom is -0.355 e. The van der Waals surface area contributed by atoms with Crippen molar-refractivity contribution >= 4 is 72.1 Å². The van der Waals surface area contributed by atoms with Gasteiger partial charge in [0.05, 0.1) is 11.2 Å². The summed E-state index contributed by atoms with van der Waals surface area (Å²) in [7, 11) is 2.45. The van der Waals surface area contributed by atoms with Gasteiger partial charge in [0, 0.05) is 43.3 Å². The van der Waals surface area contributed by atoms with Gasteiger partial charge in [0.25, 0.3) is 0 Å². The Morgan fingerprint density at radius 2 is 1.43 bits per heavy atom. The Labute approximate surface area is 261 Å². The molecule has 0 atom stereocenters. The topological polar surface area (TPSA) is 17.0 Å².